The molecule has 42 heavy (non-hydrogen) atoms. The summed E-state index contributed by atoms with van der Waals surface area (Å²) in [6.45, 7) is 16.3. The van der Waals surface area contributed by atoms with E-state index < -0.39 is 0 Å². The Kier molecular flexibility index (Phi) is 12.9. The molecule has 1 unspecified atom stereocenters. The van der Waals surface area contributed by atoms with Gasteiger partial charge in [-0.3, -0.25) is 4.79 Å². The zero-order valence-electron chi connectivity index (χ0n) is 25.8. The molecule has 6 heteroatoms. The molecular weight excluding hydrogens is 542 g/mol. The quantitative estimate of drug-likeness (QED) is 0.243. The highest BCUT2D eigenvalue weighted by Crippen LogP contribution is 2.39. The van der Waals surface area contributed by atoms with E-state index in [9.17, 15) is 4.79 Å². The van der Waals surface area contributed by atoms with E-state index in [4.69, 9.17) is 22.1 Å². The number of aryl methyl sites for hydroxylation is 3. The molecule has 5 nitrogen and oxygen atoms in total. The predicted octanol–water partition coefficient (Wildman–Crippen LogP) is 7.87. The number of nitrogens with zero attached hydrogens (tertiary/aromatic N) is 2. The zero-order chi connectivity index (χ0) is 30.6. The van der Waals surface area contributed by atoms with Crippen molar-refractivity contribution in [2.24, 2.45) is 5.73 Å². The van der Waals surface area contributed by atoms with Crippen LogP contribution in [0, 0.1) is 13.8 Å². The lowest BCUT2D eigenvalue weighted by Gasteiger charge is -2.34. The fourth-order valence-corrected chi connectivity index (χ4v) is 5.26. The van der Waals surface area contributed by atoms with Crippen molar-refractivity contribution in [3.05, 3.63) is 111 Å². The minimum Gasteiger partial charge on any atom is -0.490 e. The minimum absolute atomic E-state index is 0.439. The van der Waals surface area contributed by atoms with Crippen molar-refractivity contribution in [1.82, 2.24) is 4.90 Å². The summed E-state index contributed by atoms with van der Waals surface area (Å²) in [4.78, 5) is 15.6. The number of hydrogen-bond donors (Lipinski definition) is 1. The van der Waals surface area contributed by atoms with Crippen LogP contribution in [-0.4, -0.2) is 50.5 Å². The van der Waals surface area contributed by atoms with E-state index in [1.54, 1.807) is 6.07 Å². The van der Waals surface area contributed by atoms with E-state index in [1.807, 2.05) is 49.4 Å². The number of fused-ring (bicyclic) bond motifs is 1. The molecule has 2 heterocycles. The molecule has 2 aliphatic heterocycles. The highest BCUT2D eigenvalue weighted by Gasteiger charge is 2.23. The molecule has 3 aromatic rings. The van der Waals surface area contributed by atoms with Crippen LogP contribution in [0.2, 0.25) is 5.02 Å². The van der Waals surface area contributed by atoms with Crippen LogP contribution in [0.4, 0.5) is 5.69 Å². The third-order valence-corrected chi connectivity index (χ3v) is 7.84. The van der Waals surface area contributed by atoms with Gasteiger partial charge in [0.25, 0.3) is 0 Å². The van der Waals surface area contributed by atoms with Gasteiger partial charge >= 0.3 is 0 Å². The molecule has 0 aliphatic carbocycles. The Labute approximate surface area is 257 Å². The molecule has 5 rings (SSSR count). The normalized spacial score (nSPS) is 16.6. The number of hydrogen-bond acceptors (Lipinski definition) is 5. The van der Waals surface area contributed by atoms with Crippen molar-refractivity contribution in [3.63, 3.8) is 0 Å². The second-order valence-electron chi connectivity index (χ2n) is 11.1. The lowest BCUT2D eigenvalue weighted by Crippen LogP contribution is -2.40. The van der Waals surface area contributed by atoms with Gasteiger partial charge in [-0.1, -0.05) is 61.5 Å². The van der Waals surface area contributed by atoms with Gasteiger partial charge in [0.15, 0.2) is 0 Å². The van der Waals surface area contributed by atoms with Crippen molar-refractivity contribution in [3.8, 4) is 5.75 Å². The number of rotatable bonds is 5. The van der Waals surface area contributed by atoms with Crippen LogP contribution < -0.4 is 15.4 Å². The Balaban J connectivity index is 0.000000231. The number of carbonyl (C=O) groups excluding carboxylic acids is 1. The molecule has 1 fully saturated rings. The average Bonchev–Trinajstić information content (AvgIpc) is 2.98. The summed E-state index contributed by atoms with van der Waals surface area (Å²) in [5, 5.41) is 0.812. The SMILES string of the molecule is C=C(/C(C)=C/c1ccccc1C)N1CCOc2cc(C=O)cc(C)c21.CCc1ccc(Cl)cc1.CN1CCCC(N)C1. The third-order valence-electron chi connectivity index (χ3n) is 7.59. The number of likely N-dealkylation sites (N-methyl/N-ethyl adjacent to an activating group) is 1. The molecule has 2 aliphatic rings. The Morgan fingerprint density at radius 1 is 1.10 bits per heavy atom. The summed E-state index contributed by atoms with van der Waals surface area (Å²) >= 11 is 5.67. The van der Waals surface area contributed by atoms with Gasteiger partial charge in [-0.15, -0.1) is 0 Å². The molecule has 1 saturated heterocycles. The van der Waals surface area contributed by atoms with Crippen molar-refractivity contribution in [2.75, 3.05) is 38.2 Å². The van der Waals surface area contributed by atoms with Gasteiger partial charge in [-0.25, -0.2) is 0 Å². The number of allylic oxidation sites excluding steroid dienone is 1. The molecule has 0 bridgehead atoms. The van der Waals surface area contributed by atoms with Crippen molar-refractivity contribution >= 4 is 29.7 Å². The van der Waals surface area contributed by atoms with Gasteiger partial charge in [0.05, 0.1) is 12.2 Å². The van der Waals surface area contributed by atoms with E-state index in [0.717, 1.165) is 59.1 Å². The number of aldehydes is 1. The van der Waals surface area contributed by atoms with Crippen LogP contribution >= 0.6 is 11.6 Å². The Hall–Kier alpha value is -3.38. The number of ether oxygens (including phenoxy) is 1. The predicted molar refractivity (Wildman–Crippen MR) is 179 cm³/mol. The number of likely N-dealkylation sites (tertiary alicyclic amines) is 1. The number of benzene rings is 3. The molecule has 1 atom stereocenters. The maximum Gasteiger partial charge on any atom is 0.150 e. The Bertz CT molecular complexity index is 1360. The topological polar surface area (TPSA) is 58.8 Å². The van der Waals surface area contributed by atoms with E-state index in [2.05, 4.69) is 62.4 Å². The first-order chi connectivity index (χ1) is 20.1. The van der Waals surface area contributed by atoms with Gasteiger partial charge in [0, 0.05) is 28.9 Å². The number of anilines is 1. The van der Waals surface area contributed by atoms with Gasteiger partial charge in [0.1, 0.15) is 18.6 Å². The fourth-order valence-electron chi connectivity index (χ4n) is 5.13. The van der Waals surface area contributed by atoms with Crippen molar-refractivity contribution in [1.29, 1.82) is 0 Å². The largest absolute Gasteiger partial charge is 0.490 e. The van der Waals surface area contributed by atoms with Crippen molar-refractivity contribution < 1.29 is 9.53 Å². The minimum atomic E-state index is 0.439. The van der Waals surface area contributed by atoms with Crippen LogP contribution in [0.3, 0.4) is 0 Å². The molecule has 0 radical (unpaired) electrons. The van der Waals surface area contributed by atoms with E-state index in [0.29, 0.717) is 18.2 Å². The Morgan fingerprint density at radius 3 is 2.40 bits per heavy atom. The second-order valence-corrected chi connectivity index (χ2v) is 11.5. The number of carbonyl (C=O) groups is 1. The van der Waals surface area contributed by atoms with Crippen molar-refractivity contribution in [2.45, 2.75) is 53.0 Å². The number of nitrogens with two attached hydrogens (primary N) is 1. The maximum absolute atomic E-state index is 11.1. The average molecular weight is 588 g/mol. The van der Waals surface area contributed by atoms with E-state index >= 15 is 0 Å². The summed E-state index contributed by atoms with van der Waals surface area (Å²) in [5.41, 5.74) is 14.2. The lowest BCUT2D eigenvalue weighted by molar-refractivity contribution is 0.112. The lowest BCUT2D eigenvalue weighted by atomic mass is 10.0. The molecule has 3 aromatic carbocycles. The summed E-state index contributed by atoms with van der Waals surface area (Å²) < 4.78 is 5.78. The fraction of sp³-hybridized carbons (Fsp3) is 0.361. The standard InChI is InChI=1S/C22H23NO2.C8H9Cl.C6H14N2/c1-15-7-5-6-8-20(15)12-16(2)18(4)23-9-10-25-21-13-19(14-24)11-17(3)22(21)23;1-2-7-3-5-8(9)6-4-7;1-8-4-2-3-6(7)5-8/h5-8,11-14H,4,9-10H2,1-3H3;3-6H,2H2,1H3;6H,2-5,7H2,1H3/b16-12+;;. The number of halogens is 1. The van der Waals surface area contributed by atoms with E-state index in [-0.39, 0.29) is 0 Å². The first kappa shape index (κ1) is 33.1. The maximum atomic E-state index is 11.1. The van der Waals surface area contributed by atoms with E-state index in [1.165, 1.54) is 36.1 Å². The van der Waals surface area contributed by atoms with Gasteiger partial charge in [-0.05, 0) is 112 Å². The van der Waals surface area contributed by atoms with Crippen LogP contribution in [-0.2, 0) is 6.42 Å². The number of piperidine rings is 1. The van der Waals surface area contributed by atoms with Gasteiger partial charge in [-0.2, -0.15) is 0 Å². The summed E-state index contributed by atoms with van der Waals surface area (Å²) in [7, 11) is 2.12. The third kappa shape index (κ3) is 9.59. The Morgan fingerprint density at radius 2 is 1.81 bits per heavy atom. The molecule has 0 spiro atoms. The summed E-state index contributed by atoms with van der Waals surface area (Å²) in [6.07, 6.45) is 6.59. The molecule has 2 N–H and O–H groups in total. The molecular formula is C36H46ClN3O2. The second kappa shape index (κ2) is 16.3. The molecule has 224 valence electrons. The monoisotopic (exact) mass is 587 g/mol. The van der Waals surface area contributed by atoms with Gasteiger partial charge < -0.3 is 20.3 Å². The first-order valence-corrected chi connectivity index (χ1v) is 15.1. The zero-order valence-corrected chi connectivity index (χ0v) is 26.6. The molecule has 0 saturated carbocycles. The molecule has 0 aromatic heterocycles. The smallest absolute Gasteiger partial charge is 0.150 e. The summed E-state index contributed by atoms with van der Waals surface area (Å²) in [5.74, 6) is 0.748. The molecule has 0 amide bonds. The highest BCUT2D eigenvalue weighted by atomic mass is 35.5. The van der Waals surface area contributed by atoms with Crippen LogP contribution in [0.5, 0.6) is 5.75 Å². The first-order valence-electron chi connectivity index (χ1n) is 14.7. The summed E-state index contributed by atoms with van der Waals surface area (Å²) in [6, 6.07) is 20.4. The van der Waals surface area contributed by atoms with Crippen LogP contribution in [0.1, 0.15) is 59.3 Å². The van der Waals surface area contributed by atoms with Crippen LogP contribution in [0.25, 0.3) is 6.08 Å². The van der Waals surface area contributed by atoms with Crippen LogP contribution in [0.15, 0.2) is 78.5 Å². The van der Waals surface area contributed by atoms with Gasteiger partial charge in [0.2, 0.25) is 0 Å². The highest BCUT2D eigenvalue weighted by molar-refractivity contribution is 6.30.